The third-order valence-corrected chi connectivity index (χ3v) is 0. The Morgan fingerprint density at radius 2 is 1.75 bits per heavy atom. The second-order valence-electron chi connectivity index (χ2n) is 0.112. The van der Waals surface area contributed by atoms with Crippen molar-refractivity contribution in [2.45, 2.75) is 0 Å². The molecule has 0 atom stereocenters. The van der Waals surface area contributed by atoms with E-state index >= 15 is 0 Å². The van der Waals surface area contributed by atoms with Crippen LogP contribution in [0.25, 0.3) is 0 Å². The summed E-state index contributed by atoms with van der Waals surface area (Å²) >= 11 is 0. The van der Waals surface area contributed by atoms with E-state index in [1.807, 2.05) is 0 Å². The zero-order valence-corrected chi connectivity index (χ0v) is 2.45. The first-order chi connectivity index (χ1) is 1.41. The van der Waals surface area contributed by atoms with Gasteiger partial charge in [0, 0.05) is 0 Å². The minimum atomic E-state index is 0. The van der Waals surface area contributed by atoms with Crippen molar-refractivity contribution in [2.24, 2.45) is 0 Å². The van der Waals surface area contributed by atoms with Gasteiger partial charge in [-0.05, 0) is 0 Å². The molecule has 0 spiro atoms. The molecule has 0 heterocycles. The summed E-state index contributed by atoms with van der Waals surface area (Å²) in [7, 11) is 0. The van der Waals surface area contributed by atoms with Gasteiger partial charge in [-0.3, -0.25) is 0 Å². The van der Waals surface area contributed by atoms with Gasteiger partial charge in [0.05, 0.1) is 0 Å². The molecule has 0 aliphatic heterocycles. The Balaban J connectivity index is 0. The number of aliphatic hydroxyl groups excluding tert-OH is 1. The largest absolute Gasteiger partial charge is 1.00 e. The van der Waals surface area contributed by atoms with Crippen LogP contribution in [0, 0.1) is 12.5 Å². The molecule has 0 fully saturated rings. The molecule has 0 aromatic heterocycles. The monoisotopic (exact) mass is 48.0 g/mol. The van der Waals surface area contributed by atoms with Crippen molar-refractivity contribution in [3.8, 4) is 6.11 Å². The van der Waals surface area contributed by atoms with Crippen LogP contribution < -0.4 is 18.9 Å². The summed E-state index contributed by atoms with van der Waals surface area (Å²) < 4.78 is 0. The maximum absolute atomic E-state index is 6.99. The van der Waals surface area contributed by atoms with Crippen molar-refractivity contribution >= 4 is 0 Å². The predicted molar refractivity (Wildman–Crippen MR) is 9.07 cm³/mol. The molecule has 16 valence electrons. The minimum Gasteiger partial charge on any atom is -0.648 e. The fourth-order valence-electron chi connectivity index (χ4n) is 0. The van der Waals surface area contributed by atoms with E-state index in [0.717, 1.165) is 6.11 Å². The van der Waals surface area contributed by atoms with E-state index in [9.17, 15) is 0 Å². The molecule has 0 rings (SSSR count). The molecule has 0 aliphatic carbocycles. The van der Waals surface area contributed by atoms with Gasteiger partial charge in [0.2, 0.25) is 0 Å². The first-order valence-corrected chi connectivity index (χ1v) is 0.474. The van der Waals surface area contributed by atoms with Crippen LogP contribution in [0.2, 0.25) is 0 Å². The van der Waals surface area contributed by atoms with Gasteiger partial charge in [0.25, 0.3) is 0 Å². The number of rotatable bonds is 0. The van der Waals surface area contributed by atoms with E-state index in [-0.39, 0.29) is 18.9 Å². The first-order valence-electron chi connectivity index (χ1n) is 0.474. The number of hydrogen-bond donors (Lipinski definition) is 1. The van der Waals surface area contributed by atoms with Crippen LogP contribution in [0.5, 0.6) is 0 Å². The van der Waals surface area contributed by atoms with E-state index < -0.39 is 0 Å². The van der Waals surface area contributed by atoms with Crippen molar-refractivity contribution in [3.05, 3.63) is 6.42 Å². The van der Waals surface area contributed by atoms with E-state index in [1.54, 1.807) is 0 Å². The summed E-state index contributed by atoms with van der Waals surface area (Å²) in [5.41, 5.74) is 0. The van der Waals surface area contributed by atoms with Crippen molar-refractivity contribution in [3.63, 3.8) is 0 Å². The molecule has 4 heavy (non-hydrogen) atoms. The minimum absolute atomic E-state index is 0. The zero-order chi connectivity index (χ0) is 2.71. The maximum atomic E-state index is 6.99. The standard InChI is InChI=1S/C2HO.Li/c1-2-3;/h3H;/q-1;+1. The zero-order valence-electron chi connectivity index (χ0n) is 2.45. The van der Waals surface area contributed by atoms with Crippen LogP contribution >= 0.6 is 0 Å². The van der Waals surface area contributed by atoms with Crippen LogP contribution in [-0.2, 0) is 0 Å². The summed E-state index contributed by atoms with van der Waals surface area (Å²) in [4.78, 5) is 0. The molecule has 0 aromatic carbocycles. The number of hydrogen-bond acceptors (Lipinski definition) is 1. The van der Waals surface area contributed by atoms with Crippen LogP contribution in [0.4, 0.5) is 0 Å². The summed E-state index contributed by atoms with van der Waals surface area (Å²) in [6, 6.07) is 0. The van der Waals surface area contributed by atoms with Crippen molar-refractivity contribution < 1.29 is 24.0 Å². The Hall–Kier alpha value is -0.0426. The third kappa shape index (κ3) is 989. The Labute approximate surface area is 37.2 Å². The van der Waals surface area contributed by atoms with Crippen molar-refractivity contribution in [1.29, 1.82) is 0 Å². The summed E-state index contributed by atoms with van der Waals surface area (Å²) in [5, 5.41) is 6.99. The Bertz CT molecular complexity index is 27.5. The molecular weight excluding hydrogens is 47.0 g/mol. The van der Waals surface area contributed by atoms with Gasteiger partial charge in [0.15, 0.2) is 0 Å². The molecule has 1 nitrogen and oxygen atoms in total. The van der Waals surface area contributed by atoms with E-state index in [2.05, 4.69) is 0 Å². The average Bonchev–Trinajstić information content (AvgIpc) is 0.918. The van der Waals surface area contributed by atoms with Crippen LogP contribution in [-0.4, -0.2) is 5.11 Å². The van der Waals surface area contributed by atoms with E-state index in [1.165, 1.54) is 0 Å². The molecule has 0 unspecified atom stereocenters. The molecular formula is C2HLiO. The first kappa shape index (κ1) is 9.03. The number of aliphatic hydroxyl groups is 1. The third-order valence-electron chi connectivity index (χ3n) is 0. The van der Waals surface area contributed by atoms with E-state index in [4.69, 9.17) is 11.5 Å². The molecule has 2 heteroatoms. The van der Waals surface area contributed by atoms with Gasteiger partial charge >= 0.3 is 18.9 Å². The topological polar surface area (TPSA) is 20.2 Å². The van der Waals surface area contributed by atoms with Gasteiger partial charge < -0.3 is 11.5 Å². The molecule has 0 saturated heterocycles. The molecule has 1 N–H and O–H groups in total. The summed E-state index contributed by atoms with van der Waals surface area (Å²) in [5.74, 6) is 0. The van der Waals surface area contributed by atoms with Gasteiger partial charge in [-0.1, -0.05) is 0 Å². The van der Waals surface area contributed by atoms with Gasteiger partial charge in [0.1, 0.15) is 0 Å². The second kappa shape index (κ2) is 12.4. The van der Waals surface area contributed by atoms with Gasteiger partial charge in [-0.25, -0.2) is 0 Å². The van der Waals surface area contributed by atoms with Crippen molar-refractivity contribution in [2.75, 3.05) is 0 Å². The van der Waals surface area contributed by atoms with Crippen LogP contribution in [0.15, 0.2) is 0 Å². The van der Waals surface area contributed by atoms with Crippen LogP contribution in [0.3, 0.4) is 0 Å². The average molecular weight is 48.0 g/mol. The maximum Gasteiger partial charge on any atom is 1.00 e. The molecule has 0 aromatic rings. The molecule has 0 saturated carbocycles. The summed E-state index contributed by atoms with van der Waals surface area (Å²) in [6.45, 7) is 0. The fourth-order valence-corrected chi connectivity index (χ4v) is 0. The molecule has 0 radical (unpaired) electrons. The Kier molecular flexibility index (Phi) is 27.9. The normalized spacial score (nSPS) is 1.75. The Morgan fingerprint density at radius 1 is 1.75 bits per heavy atom. The predicted octanol–water partition coefficient (Wildman–Crippen LogP) is -3.09. The SMILES string of the molecule is [C-]#CO.[Li+]. The fraction of sp³-hybridized carbons (Fsp3) is 0. The molecule has 0 bridgehead atoms. The quantitative estimate of drug-likeness (QED) is 0.175. The van der Waals surface area contributed by atoms with Crippen LogP contribution in [0.1, 0.15) is 0 Å². The second-order valence-corrected chi connectivity index (χ2v) is 0.112. The smallest absolute Gasteiger partial charge is 0.648 e. The summed E-state index contributed by atoms with van der Waals surface area (Å²) in [6.07, 6.45) is 6.51. The Morgan fingerprint density at radius 3 is 1.75 bits per heavy atom. The van der Waals surface area contributed by atoms with Gasteiger partial charge in [-0.15, -0.1) is 0 Å². The van der Waals surface area contributed by atoms with E-state index in [0.29, 0.717) is 0 Å². The molecule has 0 amide bonds. The molecule has 0 aliphatic rings. The van der Waals surface area contributed by atoms with Crippen molar-refractivity contribution in [1.82, 2.24) is 0 Å². The van der Waals surface area contributed by atoms with Gasteiger partial charge in [-0.2, -0.15) is 6.11 Å².